The Balaban J connectivity index is 1.70. The molecule has 1 fully saturated rings. The van der Waals surface area contributed by atoms with E-state index in [4.69, 9.17) is 5.73 Å². The number of carbonyl (C=O) groups is 2. The fraction of sp³-hybridized carbons (Fsp3) is 0.214. The number of anilines is 2. The molecule has 1 aromatic heterocycles. The van der Waals surface area contributed by atoms with Gasteiger partial charge in [0.25, 0.3) is 11.8 Å². The number of amides is 2. The van der Waals surface area contributed by atoms with Crippen molar-refractivity contribution in [2.24, 2.45) is 0 Å². The SMILES string of the molecule is Nc1nc(C(=O)Nc2cccc(C(=O)NC3CC3)c2)cs1. The lowest BCUT2D eigenvalue weighted by molar-refractivity contribution is 0.0949. The zero-order valence-electron chi connectivity index (χ0n) is 11.1. The van der Waals surface area contributed by atoms with Crippen LogP contribution in [0.3, 0.4) is 0 Å². The molecule has 0 saturated heterocycles. The van der Waals surface area contributed by atoms with Gasteiger partial charge in [-0.05, 0) is 31.0 Å². The second kappa shape index (κ2) is 5.53. The molecule has 3 rings (SSSR count). The predicted molar refractivity (Wildman–Crippen MR) is 81.4 cm³/mol. The van der Waals surface area contributed by atoms with Crippen molar-refractivity contribution < 1.29 is 9.59 Å². The molecule has 0 unspecified atom stereocenters. The third-order valence-electron chi connectivity index (χ3n) is 3.05. The molecule has 0 aliphatic heterocycles. The molecule has 108 valence electrons. The van der Waals surface area contributed by atoms with Gasteiger partial charge in [-0.25, -0.2) is 4.98 Å². The second-order valence-electron chi connectivity index (χ2n) is 4.85. The summed E-state index contributed by atoms with van der Waals surface area (Å²) in [5.41, 5.74) is 6.85. The molecule has 2 aromatic rings. The van der Waals surface area contributed by atoms with E-state index >= 15 is 0 Å². The van der Waals surface area contributed by atoms with Crippen molar-refractivity contribution in [2.75, 3.05) is 11.1 Å². The number of rotatable bonds is 4. The van der Waals surface area contributed by atoms with Crippen LogP contribution in [0.5, 0.6) is 0 Å². The van der Waals surface area contributed by atoms with Crippen molar-refractivity contribution in [3.8, 4) is 0 Å². The highest BCUT2D eigenvalue weighted by molar-refractivity contribution is 7.13. The second-order valence-corrected chi connectivity index (χ2v) is 5.74. The first-order valence-electron chi connectivity index (χ1n) is 6.55. The standard InChI is InChI=1S/C14H14N4O2S/c15-14-18-11(7-21-14)13(20)17-10-3-1-2-8(6-10)12(19)16-9-4-5-9/h1-3,6-7,9H,4-5H2,(H2,15,18)(H,16,19)(H,17,20). The first kappa shape index (κ1) is 13.6. The van der Waals surface area contributed by atoms with E-state index in [9.17, 15) is 9.59 Å². The topological polar surface area (TPSA) is 97.1 Å². The van der Waals surface area contributed by atoms with Crippen molar-refractivity contribution in [3.63, 3.8) is 0 Å². The Morgan fingerprint density at radius 3 is 2.76 bits per heavy atom. The lowest BCUT2D eigenvalue weighted by atomic mass is 10.2. The van der Waals surface area contributed by atoms with Crippen LogP contribution in [0.1, 0.15) is 33.7 Å². The maximum absolute atomic E-state index is 12.0. The van der Waals surface area contributed by atoms with Crippen LogP contribution in [-0.4, -0.2) is 22.8 Å². The molecule has 1 aromatic carbocycles. The van der Waals surface area contributed by atoms with Crippen LogP contribution in [0.2, 0.25) is 0 Å². The van der Waals surface area contributed by atoms with Gasteiger partial charge in [-0.1, -0.05) is 6.07 Å². The van der Waals surface area contributed by atoms with Crippen LogP contribution in [0.25, 0.3) is 0 Å². The van der Waals surface area contributed by atoms with Gasteiger partial charge in [0.2, 0.25) is 0 Å². The average Bonchev–Trinajstić information content (AvgIpc) is 3.17. The summed E-state index contributed by atoms with van der Waals surface area (Å²) >= 11 is 1.21. The molecule has 0 radical (unpaired) electrons. The van der Waals surface area contributed by atoms with Crippen LogP contribution < -0.4 is 16.4 Å². The number of nitrogens with two attached hydrogens (primary N) is 1. The van der Waals surface area contributed by atoms with Gasteiger partial charge in [0.15, 0.2) is 5.13 Å². The van der Waals surface area contributed by atoms with Crippen LogP contribution in [-0.2, 0) is 0 Å². The highest BCUT2D eigenvalue weighted by Crippen LogP contribution is 2.20. The van der Waals surface area contributed by atoms with Gasteiger partial charge < -0.3 is 16.4 Å². The Labute approximate surface area is 125 Å². The Kier molecular flexibility index (Phi) is 3.57. The first-order chi connectivity index (χ1) is 10.1. The molecule has 1 saturated carbocycles. The van der Waals surface area contributed by atoms with E-state index < -0.39 is 0 Å². The van der Waals surface area contributed by atoms with Crippen LogP contribution in [0.15, 0.2) is 29.6 Å². The van der Waals surface area contributed by atoms with Gasteiger partial charge in [0, 0.05) is 22.7 Å². The zero-order chi connectivity index (χ0) is 14.8. The summed E-state index contributed by atoms with van der Waals surface area (Å²) in [4.78, 5) is 27.8. The van der Waals surface area contributed by atoms with Gasteiger partial charge in [-0.15, -0.1) is 11.3 Å². The molecular weight excluding hydrogens is 288 g/mol. The average molecular weight is 302 g/mol. The molecule has 21 heavy (non-hydrogen) atoms. The number of benzene rings is 1. The number of aromatic nitrogens is 1. The summed E-state index contributed by atoms with van der Waals surface area (Å²) in [7, 11) is 0. The van der Waals surface area contributed by atoms with E-state index in [0.717, 1.165) is 12.8 Å². The lowest BCUT2D eigenvalue weighted by Gasteiger charge is -2.07. The van der Waals surface area contributed by atoms with Crippen molar-refractivity contribution >= 4 is 34.0 Å². The highest BCUT2D eigenvalue weighted by atomic mass is 32.1. The molecular formula is C14H14N4O2S. The molecule has 0 spiro atoms. The Hall–Kier alpha value is -2.41. The fourth-order valence-corrected chi connectivity index (χ4v) is 2.36. The molecule has 1 aliphatic rings. The summed E-state index contributed by atoms with van der Waals surface area (Å²) in [6.07, 6.45) is 2.07. The van der Waals surface area contributed by atoms with E-state index in [1.165, 1.54) is 11.3 Å². The summed E-state index contributed by atoms with van der Waals surface area (Å²) in [5.74, 6) is -0.464. The van der Waals surface area contributed by atoms with Gasteiger partial charge in [0.05, 0.1) is 0 Å². The summed E-state index contributed by atoms with van der Waals surface area (Å²) in [5, 5.41) is 7.55. The number of thiazole rings is 1. The van der Waals surface area contributed by atoms with Crippen molar-refractivity contribution in [1.29, 1.82) is 0 Å². The number of carbonyl (C=O) groups excluding carboxylic acids is 2. The number of hydrogen-bond acceptors (Lipinski definition) is 5. The third-order valence-corrected chi connectivity index (χ3v) is 3.72. The maximum Gasteiger partial charge on any atom is 0.275 e. The Morgan fingerprint density at radius 1 is 1.29 bits per heavy atom. The molecule has 7 heteroatoms. The molecule has 1 heterocycles. The van der Waals surface area contributed by atoms with Crippen LogP contribution in [0, 0.1) is 0 Å². The number of nitrogen functional groups attached to an aromatic ring is 1. The number of hydrogen-bond donors (Lipinski definition) is 3. The van der Waals surface area contributed by atoms with Gasteiger partial charge in [0.1, 0.15) is 5.69 Å². The van der Waals surface area contributed by atoms with E-state index in [2.05, 4.69) is 15.6 Å². The molecule has 4 N–H and O–H groups in total. The van der Waals surface area contributed by atoms with E-state index in [0.29, 0.717) is 22.4 Å². The quantitative estimate of drug-likeness (QED) is 0.803. The molecule has 0 atom stereocenters. The largest absolute Gasteiger partial charge is 0.375 e. The van der Waals surface area contributed by atoms with E-state index in [-0.39, 0.29) is 17.5 Å². The molecule has 0 bridgehead atoms. The highest BCUT2D eigenvalue weighted by Gasteiger charge is 2.23. The van der Waals surface area contributed by atoms with Gasteiger partial charge in [-0.3, -0.25) is 9.59 Å². The minimum Gasteiger partial charge on any atom is -0.375 e. The first-order valence-corrected chi connectivity index (χ1v) is 7.43. The number of nitrogens with one attached hydrogen (secondary N) is 2. The van der Waals surface area contributed by atoms with E-state index in [1.54, 1.807) is 29.6 Å². The molecule has 1 aliphatic carbocycles. The predicted octanol–water partition coefficient (Wildman–Crippen LogP) is 1.87. The summed E-state index contributed by atoms with van der Waals surface area (Å²) in [6.45, 7) is 0. The van der Waals surface area contributed by atoms with Crippen molar-refractivity contribution in [2.45, 2.75) is 18.9 Å². The normalized spacial score (nSPS) is 13.7. The Morgan fingerprint density at radius 2 is 2.10 bits per heavy atom. The molecule has 2 amide bonds. The summed E-state index contributed by atoms with van der Waals surface area (Å²) in [6, 6.07) is 7.11. The van der Waals surface area contributed by atoms with Crippen molar-refractivity contribution in [1.82, 2.24) is 10.3 Å². The maximum atomic E-state index is 12.0. The Bertz CT molecular complexity index is 694. The fourth-order valence-electron chi connectivity index (χ4n) is 1.82. The number of nitrogens with zero attached hydrogens (tertiary/aromatic N) is 1. The summed E-state index contributed by atoms with van der Waals surface area (Å²) < 4.78 is 0. The lowest BCUT2D eigenvalue weighted by Crippen LogP contribution is -2.25. The van der Waals surface area contributed by atoms with Crippen LogP contribution in [0.4, 0.5) is 10.8 Å². The molecule has 6 nitrogen and oxygen atoms in total. The monoisotopic (exact) mass is 302 g/mol. The zero-order valence-corrected chi connectivity index (χ0v) is 11.9. The minimum absolute atomic E-state index is 0.119. The van der Waals surface area contributed by atoms with Gasteiger partial charge >= 0.3 is 0 Å². The third kappa shape index (κ3) is 3.38. The smallest absolute Gasteiger partial charge is 0.275 e. The van der Waals surface area contributed by atoms with Crippen molar-refractivity contribution in [3.05, 3.63) is 40.9 Å². The van der Waals surface area contributed by atoms with Crippen LogP contribution >= 0.6 is 11.3 Å². The van der Waals surface area contributed by atoms with Gasteiger partial charge in [-0.2, -0.15) is 0 Å². The minimum atomic E-state index is -0.345. The van der Waals surface area contributed by atoms with E-state index in [1.807, 2.05) is 0 Å².